The standard InChI is InChI=1S/C13H24BrN3O2/c1-4-11(14)13(19)17-7-5-6-16(8-9-17)10-12(18)15(2)3/h11H,4-10H2,1-3H3. The molecule has 1 unspecified atom stereocenters. The third-order valence-electron chi connectivity index (χ3n) is 3.38. The summed E-state index contributed by atoms with van der Waals surface area (Å²) in [5.74, 6) is 0.287. The smallest absolute Gasteiger partial charge is 0.236 e. The number of alkyl halides is 1. The Kier molecular flexibility index (Phi) is 6.79. The van der Waals surface area contributed by atoms with E-state index in [9.17, 15) is 9.59 Å². The Hall–Kier alpha value is -0.620. The van der Waals surface area contributed by atoms with Crippen LogP contribution >= 0.6 is 15.9 Å². The van der Waals surface area contributed by atoms with E-state index in [-0.39, 0.29) is 16.6 Å². The third kappa shape index (κ3) is 5.10. The molecule has 0 radical (unpaired) electrons. The lowest BCUT2D eigenvalue weighted by Gasteiger charge is -2.24. The molecular formula is C13H24BrN3O2. The molecule has 5 nitrogen and oxygen atoms in total. The number of halogens is 1. The van der Waals surface area contributed by atoms with E-state index in [2.05, 4.69) is 20.8 Å². The van der Waals surface area contributed by atoms with Gasteiger partial charge in [-0.2, -0.15) is 0 Å². The maximum atomic E-state index is 12.1. The van der Waals surface area contributed by atoms with Crippen molar-refractivity contribution in [3.8, 4) is 0 Å². The summed E-state index contributed by atoms with van der Waals surface area (Å²) < 4.78 is 0. The van der Waals surface area contributed by atoms with Crippen LogP contribution in [-0.2, 0) is 9.59 Å². The molecule has 1 fully saturated rings. The molecule has 110 valence electrons. The zero-order valence-electron chi connectivity index (χ0n) is 12.1. The van der Waals surface area contributed by atoms with Crippen LogP contribution in [0.2, 0.25) is 0 Å². The van der Waals surface area contributed by atoms with Crippen LogP contribution in [0.25, 0.3) is 0 Å². The van der Waals surface area contributed by atoms with E-state index < -0.39 is 0 Å². The zero-order chi connectivity index (χ0) is 14.4. The molecule has 0 aromatic carbocycles. The van der Waals surface area contributed by atoms with Gasteiger partial charge in [-0.25, -0.2) is 0 Å². The molecule has 1 heterocycles. The van der Waals surface area contributed by atoms with E-state index in [0.29, 0.717) is 13.1 Å². The third-order valence-corrected chi connectivity index (χ3v) is 4.42. The van der Waals surface area contributed by atoms with Gasteiger partial charge in [0.15, 0.2) is 0 Å². The average Bonchev–Trinajstić information content (AvgIpc) is 2.62. The first-order valence-corrected chi connectivity index (χ1v) is 7.72. The van der Waals surface area contributed by atoms with E-state index in [4.69, 9.17) is 0 Å². The van der Waals surface area contributed by atoms with Gasteiger partial charge in [-0.1, -0.05) is 22.9 Å². The highest BCUT2D eigenvalue weighted by molar-refractivity contribution is 9.10. The summed E-state index contributed by atoms with van der Waals surface area (Å²) in [6, 6.07) is 0. The van der Waals surface area contributed by atoms with Gasteiger partial charge >= 0.3 is 0 Å². The first kappa shape index (κ1) is 16.4. The van der Waals surface area contributed by atoms with Gasteiger partial charge in [-0.3, -0.25) is 14.5 Å². The molecule has 1 aliphatic heterocycles. The maximum Gasteiger partial charge on any atom is 0.236 e. The molecule has 1 aliphatic rings. The molecular weight excluding hydrogens is 310 g/mol. The predicted octanol–water partition coefficient (Wildman–Crippen LogP) is 0.782. The second-order valence-electron chi connectivity index (χ2n) is 5.12. The number of nitrogens with zero attached hydrogens (tertiary/aromatic N) is 3. The monoisotopic (exact) mass is 333 g/mol. The van der Waals surface area contributed by atoms with Crippen LogP contribution in [-0.4, -0.2) is 78.2 Å². The van der Waals surface area contributed by atoms with Gasteiger partial charge in [0.25, 0.3) is 0 Å². The Bertz CT molecular complexity index is 323. The van der Waals surface area contributed by atoms with Crippen LogP contribution < -0.4 is 0 Å². The summed E-state index contributed by atoms with van der Waals surface area (Å²) in [5.41, 5.74) is 0. The second kappa shape index (κ2) is 7.85. The Balaban J connectivity index is 2.47. The molecule has 1 saturated heterocycles. The molecule has 19 heavy (non-hydrogen) atoms. The minimum absolute atomic E-state index is 0.0811. The molecule has 0 aromatic rings. The largest absolute Gasteiger partial charge is 0.348 e. The number of rotatable bonds is 4. The fraction of sp³-hybridized carbons (Fsp3) is 0.846. The number of hydrogen-bond donors (Lipinski definition) is 0. The van der Waals surface area contributed by atoms with Gasteiger partial charge in [0.2, 0.25) is 11.8 Å². The first-order valence-electron chi connectivity index (χ1n) is 6.81. The highest BCUT2D eigenvalue weighted by Crippen LogP contribution is 2.12. The van der Waals surface area contributed by atoms with E-state index in [1.807, 2.05) is 11.8 Å². The van der Waals surface area contributed by atoms with E-state index in [1.165, 1.54) is 0 Å². The number of carbonyl (C=O) groups excluding carboxylic acids is 2. The lowest BCUT2D eigenvalue weighted by molar-refractivity contribution is -0.130. The topological polar surface area (TPSA) is 43.9 Å². The van der Waals surface area contributed by atoms with Gasteiger partial charge in [-0.05, 0) is 12.8 Å². The molecule has 0 aliphatic carbocycles. The quantitative estimate of drug-likeness (QED) is 0.714. The van der Waals surface area contributed by atoms with Gasteiger partial charge in [0.1, 0.15) is 0 Å². The summed E-state index contributed by atoms with van der Waals surface area (Å²) in [5, 5.41) is 0. The van der Waals surface area contributed by atoms with E-state index in [1.54, 1.807) is 19.0 Å². The fourth-order valence-electron chi connectivity index (χ4n) is 2.05. The van der Waals surface area contributed by atoms with Crippen molar-refractivity contribution in [1.29, 1.82) is 0 Å². The van der Waals surface area contributed by atoms with Crippen LogP contribution in [0.4, 0.5) is 0 Å². The van der Waals surface area contributed by atoms with Crippen LogP contribution in [0.3, 0.4) is 0 Å². The van der Waals surface area contributed by atoms with Crippen LogP contribution in [0.15, 0.2) is 0 Å². The molecule has 0 bridgehead atoms. The Morgan fingerprint density at radius 1 is 1.21 bits per heavy atom. The van der Waals surface area contributed by atoms with Crippen LogP contribution in [0.5, 0.6) is 0 Å². The Labute approximate surface area is 124 Å². The Morgan fingerprint density at radius 3 is 2.47 bits per heavy atom. The molecule has 1 atom stereocenters. The first-order chi connectivity index (χ1) is 8.95. The zero-order valence-corrected chi connectivity index (χ0v) is 13.6. The summed E-state index contributed by atoms with van der Waals surface area (Å²) in [4.78, 5) is 29.4. The van der Waals surface area contributed by atoms with Gasteiger partial charge in [0, 0.05) is 40.3 Å². The number of likely N-dealkylation sites (N-methyl/N-ethyl adjacent to an activating group) is 1. The number of carbonyl (C=O) groups is 2. The fourth-order valence-corrected chi connectivity index (χ4v) is 2.34. The van der Waals surface area contributed by atoms with E-state index in [0.717, 1.165) is 32.5 Å². The molecule has 0 N–H and O–H groups in total. The van der Waals surface area contributed by atoms with Gasteiger partial charge < -0.3 is 9.80 Å². The van der Waals surface area contributed by atoms with Crippen molar-refractivity contribution >= 4 is 27.7 Å². The maximum absolute atomic E-state index is 12.1. The molecule has 0 aromatic heterocycles. The molecule has 6 heteroatoms. The summed E-state index contributed by atoms with van der Waals surface area (Å²) >= 11 is 3.41. The predicted molar refractivity (Wildman–Crippen MR) is 79.3 cm³/mol. The Morgan fingerprint density at radius 2 is 1.89 bits per heavy atom. The van der Waals surface area contributed by atoms with Crippen molar-refractivity contribution in [2.45, 2.75) is 24.6 Å². The van der Waals surface area contributed by atoms with Crippen molar-refractivity contribution in [1.82, 2.24) is 14.7 Å². The van der Waals surface area contributed by atoms with Crippen molar-refractivity contribution in [2.24, 2.45) is 0 Å². The lowest BCUT2D eigenvalue weighted by atomic mass is 10.3. The van der Waals surface area contributed by atoms with Crippen LogP contribution in [0, 0.1) is 0 Å². The number of amides is 2. The minimum Gasteiger partial charge on any atom is -0.348 e. The summed E-state index contributed by atoms with van der Waals surface area (Å²) in [7, 11) is 3.54. The minimum atomic E-state index is -0.0811. The van der Waals surface area contributed by atoms with Crippen molar-refractivity contribution < 1.29 is 9.59 Å². The molecule has 2 amide bonds. The lowest BCUT2D eigenvalue weighted by Crippen LogP contribution is -2.41. The summed E-state index contributed by atoms with van der Waals surface area (Å²) in [6.07, 6.45) is 1.73. The van der Waals surface area contributed by atoms with Crippen molar-refractivity contribution in [3.63, 3.8) is 0 Å². The van der Waals surface area contributed by atoms with Crippen molar-refractivity contribution in [2.75, 3.05) is 46.8 Å². The van der Waals surface area contributed by atoms with Gasteiger partial charge in [0.05, 0.1) is 11.4 Å². The average molecular weight is 334 g/mol. The molecule has 0 spiro atoms. The summed E-state index contributed by atoms with van der Waals surface area (Å²) in [6.45, 7) is 5.59. The molecule has 1 rings (SSSR count). The SMILES string of the molecule is CCC(Br)C(=O)N1CCCN(CC(=O)N(C)C)CC1. The van der Waals surface area contributed by atoms with E-state index >= 15 is 0 Å². The molecule has 0 saturated carbocycles. The highest BCUT2D eigenvalue weighted by Gasteiger charge is 2.24. The number of hydrogen-bond acceptors (Lipinski definition) is 3. The van der Waals surface area contributed by atoms with Gasteiger partial charge in [-0.15, -0.1) is 0 Å². The normalized spacial score (nSPS) is 18.8. The second-order valence-corrected chi connectivity index (χ2v) is 6.22. The van der Waals surface area contributed by atoms with Crippen LogP contribution in [0.1, 0.15) is 19.8 Å². The van der Waals surface area contributed by atoms with Crippen molar-refractivity contribution in [3.05, 3.63) is 0 Å². The highest BCUT2D eigenvalue weighted by atomic mass is 79.9.